The van der Waals surface area contributed by atoms with Gasteiger partial charge in [-0.05, 0) is 0 Å². The molecule has 1 aromatic heterocycles. The van der Waals surface area contributed by atoms with E-state index in [1.165, 1.54) is 99.2 Å². The van der Waals surface area contributed by atoms with Gasteiger partial charge < -0.3 is 0 Å². The Hall–Kier alpha value is -8.02. The fourth-order valence-corrected chi connectivity index (χ4v) is 28.2. The molecular weight excluding hydrogens is 907 g/mol. The van der Waals surface area contributed by atoms with Gasteiger partial charge in [0, 0.05) is 0 Å². The Morgan fingerprint density at radius 1 is 0.304 bits per heavy atom. The number of benzene rings is 11. The van der Waals surface area contributed by atoms with Crippen molar-refractivity contribution in [1.29, 1.82) is 0 Å². The Balaban J connectivity index is 1.22. The van der Waals surface area contributed by atoms with Crippen LogP contribution in [0.15, 0.2) is 285 Å². The van der Waals surface area contributed by atoms with Crippen molar-refractivity contribution < 1.29 is 0 Å². The molecule has 0 spiro atoms. The molecule has 1 aliphatic rings. The molecule has 1 aliphatic heterocycles. The number of fused-ring (bicyclic) bond motifs is 7. The van der Waals surface area contributed by atoms with Crippen LogP contribution < -0.4 is 38.3 Å². The second-order valence-electron chi connectivity index (χ2n) is 18.3. The summed E-state index contributed by atoms with van der Waals surface area (Å²) in [6.45, 7) is 0. The molecule has 0 amide bonds. The van der Waals surface area contributed by atoms with Crippen LogP contribution in [0.2, 0.25) is 0 Å². The van der Waals surface area contributed by atoms with Gasteiger partial charge in [0.15, 0.2) is 0 Å². The zero-order chi connectivity index (χ0) is 45.8. The van der Waals surface area contributed by atoms with E-state index < -0.39 is 21.3 Å². The first kappa shape index (κ1) is 41.2. The quantitative estimate of drug-likeness (QED) is 0.100. The summed E-state index contributed by atoms with van der Waals surface area (Å²) in [4.78, 5) is 0. The van der Waals surface area contributed by atoms with Crippen LogP contribution in [0.5, 0.6) is 0 Å². The van der Waals surface area contributed by atoms with Crippen molar-refractivity contribution in [3.05, 3.63) is 285 Å². The first-order chi connectivity index (χ1) is 34.3. The van der Waals surface area contributed by atoms with Crippen molar-refractivity contribution in [3.63, 3.8) is 0 Å². The first-order valence-corrected chi connectivity index (χ1v) is 30.2. The summed E-state index contributed by atoms with van der Waals surface area (Å²) >= 11 is -3.72. The minimum absolute atomic E-state index is 1.18. The summed E-state index contributed by atoms with van der Waals surface area (Å²) in [5, 5.41) is 8.03. The van der Waals surface area contributed by atoms with Gasteiger partial charge in [0.05, 0.1) is 0 Å². The molecule has 0 radical (unpaired) electrons. The molecule has 0 unspecified atom stereocenters. The van der Waals surface area contributed by atoms with Crippen LogP contribution in [-0.4, -0.2) is 25.9 Å². The predicted molar refractivity (Wildman–Crippen MR) is 298 cm³/mol. The van der Waals surface area contributed by atoms with Gasteiger partial charge in [0.2, 0.25) is 0 Å². The molecule has 3 heteroatoms. The van der Waals surface area contributed by atoms with Gasteiger partial charge >= 0.3 is 392 Å². The number of hydrogen-bond donors (Lipinski definition) is 0. The van der Waals surface area contributed by atoms with Crippen molar-refractivity contribution >= 4 is 81.5 Å². The van der Waals surface area contributed by atoms with Crippen molar-refractivity contribution in [3.8, 4) is 39.1 Å². The van der Waals surface area contributed by atoms with Gasteiger partial charge in [-0.1, -0.05) is 18.2 Å². The van der Waals surface area contributed by atoms with Gasteiger partial charge in [0.1, 0.15) is 0 Å². The summed E-state index contributed by atoms with van der Waals surface area (Å²) < 4.78 is 8.55. The van der Waals surface area contributed by atoms with Crippen molar-refractivity contribution in [2.45, 2.75) is 0 Å². The van der Waals surface area contributed by atoms with Crippen LogP contribution in [0.1, 0.15) is 0 Å². The van der Waals surface area contributed by atoms with Crippen molar-refractivity contribution in [2.75, 3.05) is 0 Å². The molecule has 2 heterocycles. The zero-order valence-corrected chi connectivity index (χ0v) is 41.2. The van der Waals surface area contributed by atoms with Crippen LogP contribution in [0, 0.1) is 0 Å². The normalized spacial score (nSPS) is 12.8. The topological polar surface area (TPSA) is 4.93 Å². The molecule has 69 heavy (non-hydrogen) atoms. The molecule has 0 bridgehead atoms. The second kappa shape index (κ2) is 16.9. The van der Waals surface area contributed by atoms with Crippen LogP contribution in [0.3, 0.4) is 0 Å². The minimum atomic E-state index is -3.72. The Labute approximate surface area is 407 Å². The molecule has 11 aromatic carbocycles. The molecule has 0 aliphatic carbocycles. The van der Waals surface area contributed by atoms with Gasteiger partial charge in [-0.15, -0.1) is 0 Å². The number of aromatic nitrogens is 1. The third-order valence-corrected chi connectivity index (χ3v) is 29.9. The predicted octanol–water partition coefficient (Wildman–Crippen LogP) is 10.9. The van der Waals surface area contributed by atoms with Crippen LogP contribution in [-0.2, 0) is 0 Å². The maximum absolute atomic E-state index is 3.72. The van der Waals surface area contributed by atoms with Crippen LogP contribution in [0.4, 0.5) is 0 Å². The molecule has 13 rings (SSSR count). The van der Waals surface area contributed by atoms with E-state index >= 15 is 0 Å². The Morgan fingerprint density at radius 2 is 0.725 bits per heavy atom. The third kappa shape index (κ3) is 6.29. The van der Waals surface area contributed by atoms with Crippen LogP contribution >= 0.6 is 0 Å². The summed E-state index contributed by atoms with van der Waals surface area (Å²) in [7, 11) is -2.99. The zero-order valence-electron chi connectivity index (χ0n) is 38.1. The average Bonchev–Trinajstić information content (AvgIpc) is 3.93. The van der Waals surface area contributed by atoms with Crippen LogP contribution in [0.25, 0.3) is 60.9 Å². The van der Waals surface area contributed by atoms with Gasteiger partial charge in [-0.3, -0.25) is 0 Å². The fraction of sp³-hybridized carbons (Fsp3) is 0. The molecule has 0 N–H and O–H groups in total. The van der Waals surface area contributed by atoms with E-state index in [1.807, 2.05) is 0 Å². The van der Waals surface area contributed by atoms with E-state index in [4.69, 9.17) is 0 Å². The van der Waals surface area contributed by atoms with E-state index in [1.54, 1.807) is 0 Å². The van der Waals surface area contributed by atoms with Gasteiger partial charge in [0.25, 0.3) is 0 Å². The molecule has 0 atom stereocenters. The molecule has 1 nitrogen and oxygen atoms in total. The van der Waals surface area contributed by atoms with Gasteiger partial charge in [-0.25, -0.2) is 0 Å². The molecule has 12 aromatic rings. The number of para-hydroxylation sites is 1. The molecule has 0 fully saturated rings. The van der Waals surface area contributed by atoms with E-state index in [0.717, 1.165) is 0 Å². The SMILES string of the molecule is c1ccc(-c2cc([Si](c3ccccc3)(c3ccccc3)c3ccccc3)cc(-c3ccccc3)c2-n2c3ccccc3c3[c]4c(ccc32)-c2cccc[c]2[Ge]4([c]2ccccc2)[c]2ccccc2)cc1. The number of rotatable bonds is 9. The van der Waals surface area contributed by atoms with E-state index in [9.17, 15) is 0 Å². The Kier molecular flexibility index (Phi) is 10.1. The van der Waals surface area contributed by atoms with E-state index in [0.29, 0.717) is 0 Å². The standard InChI is InChI=1S/C66H47GeNSi/c1-8-26-48(27-9-1)59-46-55(69(52-34-16-5-17-35-52,53-36-18-6-19-37-53)54-38-20-7-21-39-54)47-60(49-28-10-2-11-29-49)66(59)68-62-43-25-23-41-58(62)64-63(68)45-44-57-56-40-22-24-42-61(56)67(65(57)64,50-30-12-3-13-31-50)51-32-14-4-15-33-51/h1-47H. The van der Waals surface area contributed by atoms with E-state index in [2.05, 4.69) is 290 Å². The summed E-state index contributed by atoms with van der Waals surface area (Å²) in [6, 6.07) is 108. The number of nitrogens with zero attached hydrogens (tertiary/aromatic N) is 1. The average molecular weight is 955 g/mol. The van der Waals surface area contributed by atoms with Crippen molar-refractivity contribution in [1.82, 2.24) is 4.57 Å². The maximum atomic E-state index is 2.64. The molecular formula is C66H47GeNSi. The monoisotopic (exact) mass is 955 g/mol. The van der Waals surface area contributed by atoms with E-state index in [-0.39, 0.29) is 0 Å². The molecule has 0 saturated carbocycles. The summed E-state index contributed by atoms with van der Waals surface area (Å²) in [5.74, 6) is 0. The molecule has 0 saturated heterocycles. The summed E-state index contributed by atoms with van der Waals surface area (Å²) in [6.07, 6.45) is 0. The van der Waals surface area contributed by atoms with Gasteiger partial charge in [-0.2, -0.15) is 0 Å². The Bertz CT molecular complexity index is 3600. The molecule has 324 valence electrons. The summed E-state index contributed by atoms with van der Waals surface area (Å²) in [5.41, 5.74) is 11.1. The first-order valence-electron chi connectivity index (χ1n) is 24.0. The third-order valence-electron chi connectivity index (χ3n) is 14.8. The Morgan fingerprint density at radius 3 is 1.23 bits per heavy atom. The second-order valence-corrected chi connectivity index (χ2v) is 29.8. The number of hydrogen-bond acceptors (Lipinski definition) is 0. The van der Waals surface area contributed by atoms with Crippen molar-refractivity contribution in [2.24, 2.45) is 0 Å². The fourth-order valence-electron chi connectivity index (χ4n) is 12.1.